The second-order valence-corrected chi connectivity index (χ2v) is 9.85. The highest BCUT2D eigenvalue weighted by Gasteiger charge is 2.20. The first-order valence-electron chi connectivity index (χ1n) is 8.53. The van der Waals surface area contributed by atoms with Crippen molar-refractivity contribution in [1.29, 1.82) is 0 Å². The minimum absolute atomic E-state index is 0.0477. The minimum Gasteiger partial charge on any atom is -0.497 e. The van der Waals surface area contributed by atoms with Crippen molar-refractivity contribution < 1.29 is 26.3 Å². The van der Waals surface area contributed by atoms with Crippen molar-refractivity contribution in [3.8, 4) is 22.8 Å². The molecule has 3 aromatic rings. The molecule has 3 rings (SSSR count). The molecule has 0 fully saturated rings. The summed E-state index contributed by atoms with van der Waals surface area (Å²) in [7, 11) is -4.58. The number of hydrogen-bond donors (Lipinski definition) is 1. The lowest BCUT2D eigenvalue weighted by molar-refractivity contribution is 0.386. The molecule has 0 amide bonds. The number of anilines is 1. The average Bonchev–Trinajstić information content (AvgIpc) is 2.72. The fraction of sp³-hybridized carbons (Fsp3) is 0.158. The van der Waals surface area contributed by atoms with Gasteiger partial charge in [-0.3, -0.25) is 4.72 Å². The van der Waals surface area contributed by atoms with Gasteiger partial charge in [0.25, 0.3) is 10.0 Å². The maximum atomic E-state index is 12.9. The molecular weight excluding hydrogens is 430 g/mol. The highest BCUT2D eigenvalue weighted by Crippen LogP contribution is 2.30. The maximum absolute atomic E-state index is 12.9. The Morgan fingerprint density at radius 3 is 2.23 bits per heavy atom. The number of sulfone groups is 1. The second kappa shape index (κ2) is 8.28. The molecule has 0 saturated carbocycles. The van der Waals surface area contributed by atoms with E-state index < -0.39 is 19.9 Å². The molecule has 0 radical (unpaired) electrons. The fourth-order valence-corrected chi connectivity index (χ4v) is 4.33. The van der Waals surface area contributed by atoms with E-state index in [1.165, 1.54) is 44.6 Å². The zero-order valence-electron chi connectivity index (χ0n) is 16.4. The van der Waals surface area contributed by atoms with E-state index in [-0.39, 0.29) is 15.7 Å². The van der Waals surface area contributed by atoms with Crippen LogP contribution in [0.3, 0.4) is 0 Å². The third kappa shape index (κ3) is 4.69. The summed E-state index contributed by atoms with van der Waals surface area (Å²) in [5.74, 6) is 0.601. The van der Waals surface area contributed by atoms with Gasteiger partial charge in [0.15, 0.2) is 14.9 Å². The van der Waals surface area contributed by atoms with E-state index in [0.29, 0.717) is 22.7 Å². The molecule has 0 aliphatic heterocycles. The summed E-state index contributed by atoms with van der Waals surface area (Å²) in [6.45, 7) is 0. The van der Waals surface area contributed by atoms with Crippen LogP contribution in [0.4, 0.5) is 5.69 Å². The lowest BCUT2D eigenvalue weighted by Gasteiger charge is -2.13. The molecule has 9 nitrogen and oxygen atoms in total. The summed E-state index contributed by atoms with van der Waals surface area (Å²) in [6.07, 6.45) is 1.04. The van der Waals surface area contributed by atoms with Gasteiger partial charge in [0.2, 0.25) is 0 Å². The SMILES string of the molecule is COc1ccc(S(=O)(=O)Nc2cccc(-c3ccc(S(C)(=O)=O)nn3)c2)c(OC)c1. The molecule has 1 aromatic heterocycles. The molecule has 0 aliphatic rings. The smallest absolute Gasteiger partial charge is 0.265 e. The van der Waals surface area contributed by atoms with Crippen LogP contribution in [0.25, 0.3) is 11.3 Å². The van der Waals surface area contributed by atoms with Crippen molar-refractivity contribution in [2.24, 2.45) is 0 Å². The topological polar surface area (TPSA) is 125 Å². The molecule has 1 N–H and O–H groups in total. The van der Waals surface area contributed by atoms with Gasteiger partial charge in [-0.25, -0.2) is 16.8 Å². The molecule has 0 saturated heterocycles. The van der Waals surface area contributed by atoms with E-state index in [9.17, 15) is 16.8 Å². The van der Waals surface area contributed by atoms with Gasteiger partial charge < -0.3 is 9.47 Å². The Balaban J connectivity index is 1.91. The number of rotatable bonds is 7. The molecular formula is C19H19N3O6S2. The van der Waals surface area contributed by atoms with Crippen molar-refractivity contribution in [2.45, 2.75) is 9.92 Å². The number of hydrogen-bond acceptors (Lipinski definition) is 8. The van der Waals surface area contributed by atoms with Gasteiger partial charge in [-0.1, -0.05) is 12.1 Å². The zero-order valence-corrected chi connectivity index (χ0v) is 18.0. The predicted molar refractivity (Wildman–Crippen MR) is 111 cm³/mol. The first-order valence-corrected chi connectivity index (χ1v) is 11.9. The van der Waals surface area contributed by atoms with Crippen LogP contribution in [0.5, 0.6) is 11.5 Å². The molecule has 11 heteroatoms. The van der Waals surface area contributed by atoms with Gasteiger partial charge in [-0.2, -0.15) is 0 Å². The standard InChI is InChI=1S/C19H19N3O6S2/c1-27-15-7-9-18(17(12-15)28-2)30(25,26)22-14-6-4-5-13(11-14)16-8-10-19(21-20-16)29(3,23)24/h4-12,22H,1-3H3. The number of aromatic nitrogens is 2. The Bertz CT molecular complexity index is 1270. The van der Waals surface area contributed by atoms with Crippen LogP contribution in [-0.2, 0) is 19.9 Å². The van der Waals surface area contributed by atoms with E-state index in [2.05, 4.69) is 14.9 Å². The van der Waals surface area contributed by atoms with Gasteiger partial charge in [0, 0.05) is 23.6 Å². The number of methoxy groups -OCH3 is 2. The van der Waals surface area contributed by atoms with Crippen LogP contribution in [0.15, 0.2) is 64.5 Å². The molecule has 0 atom stereocenters. The summed E-state index contributed by atoms with van der Waals surface area (Å²) in [5, 5.41) is 7.49. The Hall–Kier alpha value is -3.18. The zero-order chi connectivity index (χ0) is 21.9. The predicted octanol–water partition coefficient (Wildman–Crippen LogP) is 2.37. The van der Waals surface area contributed by atoms with Crippen molar-refractivity contribution in [2.75, 3.05) is 25.2 Å². The van der Waals surface area contributed by atoms with Gasteiger partial charge in [-0.15, -0.1) is 10.2 Å². The Morgan fingerprint density at radius 2 is 1.63 bits per heavy atom. The van der Waals surface area contributed by atoms with E-state index >= 15 is 0 Å². The third-order valence-corrected chi connectivity index (χ3v) is 6.49. The highest BCUT2D eigenvalue weighted by molar-refractivity contribution is 7.92. The van der Waals surface area contributed by atoms with Crippen molar-refractivity contribution in [3.05, 3.63) is 54.6 Å². The summed E-state index contributed by atoms with van der Waals surface area (Å²) >= 11 is 0. The summed E-state index contributed by atoms with van der Waals surface area (Å²) in [5.41, 5.74) is 1.24. The van der Waals surface area contributed by atoms with Gasteiger partial charge in [0.05, 0.1) is 19.9 Å². The van der Waals surface area contributed by atoms with E-state index in [4.69, 9.17) is 9.47 Å². The minimum atomic E-state index is -3.95. The van der Waals surface area contributed by atoms with Gasteiger partial charge in [0.1, 0.15) is 16.4 Å². The van der Waals surface area contributed by atoms with E-state index in [1.807, 2.05) is 0 Å². The monoisotopic (exact) mass is 449 g/mol. The highest BCUT2D eigenvalue weighted by atomic mass is 32.2. The molecule has 158 valence electrons. The number of nitrogens with one attached hydrogen (secondary N) is 1. The van der Waals surface area contributed by atoms with Crippen LogP contribution in [0, 0.1) is 0 Å². The number of nitrogens with zero attached hydrogens (tertiary/aromatic N) is 2. The Morgan fingerprint density at radius 1 is 0.867 bits per heavy atom. The summed E-state index contributed by atoms with van der Waals surface area (Å²) < 4.78 is 61.5. The molecule has 1 heterocycles. The number of sulfonamides is 1. The maximum Gasteiger partial charge on any atom is 0.265 e. The van der Waals surface area contributed by atoms with E-state index in [0.717, 1.165) is 6.26 Å². The van der Waals surface area contributed by atoms with Gasteiger partial charge >= 0.3 is 0 Å². The molecule has 0 unspecified atom stereocenters. The van der Waals surface area contributed by atoms with Gasteiger partial charge in [-0.05, 0) is 36.4 Å². The first-order chi connectivity index (χ1) is 14.1. The van der Waals surface area contributed by atoms with Crippen LogP contribution >= 0.6 is 0 Å². The fourth-order valence-electron chi connectivity index (χ4n) is 2.62. The molecule has 0 spiro atoms. The summed E-state index contributed by atoms with van der Waals surface area (Å²) in [6, 6.07) is 13.7. The van der Waals surface area contributed by atoms with E-state index in [1.54, 1.807) is 24.3 Å². The lowest BCUT2D eigenvalue weighted by Crippen LogP contribution is -2.14. The Labute approximate surface area is 174 Å². The lowest BCUT2D eigenvalue weighted by atomic mass is 10.1. The first kappa shape index (κ1) is 21.5. The number of benzene rings is 2. The molecule has 0 aliphatic carbocycles. The van der Waals surface area contributed by atoms with Crippen LogP contribution in [0.1, 0.15) is 0 Å². The quantitative estimate of drug-likeness (QED) is 0.583. The average molecular weight is 450 g/mol. The normalized spacial score (nSPS) is 11.7. The van der Waals surface area contributed by atoms with Crippen molar-refractivity contribution in [1.82, 2.24) is 10.2 Å². The number of ether oxygens (including phenoxy) is 2. The van der Waals surface area contributed by atoms with Crippen LogP contribution < -0.4 is 14.2 Å². The molecule has 30 heavy (non-hydrogen) atoms. The second-order valence-electron chi connectivity index (χ2n) is 6.23. The summed E-state index contributed by atoms with van der Waals surface area (Å²) in [4.78, 5) is -0.0477. The molecule has 2 aromatic carbocycles. The van der Waals surface area contributed by atoms with Crippen LogP contribution in [0.2, 0.25) is 0 Å². The third-order valence-electron chi connectivity index (χ3n) is 4.09. The van der Waals surface area contributed by atoms with Crippen molar-refractivity contribution in [3.63, 3.8) is 0 Å². The van der Waals surface area contributed by atoms with Crippen molar-refractivity contribution >= 4 is 25.5 Å². The largest absolute Gasteiger partial charge is 0.497 e. The molecule has 0 bridgehead atoms. The Kier molecular flexibility index (Phi) is 5.94. The van der Waals surface area contributed by atoms with Crippen LogP contribution in [-0.4, -0.2) is 47.5 Å².